The van der Waals surface area contributed by atoms with E-state index >= 15 is 0 Å². The second-order valence-corrected chi connectivity index (χ2v) is 4.26. The zero-order chi connectivity index (χ0) is 13.1. The van der Waals surface area contributed by atoms with Crippen molar-refractivity contribution in [3.63, 3.8) is 0 Å². The number of fused-ring (bicyclic) bond motifs is 1. The van der Waals surface area contributed by atoms with Crippen molar-refractivity contribution in [3.05, 3.63) is 60.9 Å². The third-order valence-electron chi connectivity index (χ3n) is 3.08. The highest BCUT2D eigenvalue weighted by Crippen LogP contribution is 2.33. The minimum atomic E-state index is 0.635. The number of ether oxygens (including phenoxy) is 1. The highest BCUT2D eigenvalue weighted by atomic mass is 16.5. The SMILES string of the molecule is CCOc1ccn[c]c1-c1cccc2ccccc12. The molecule has 0 fully saturated rings. The van der Waals surface area contributed by atoms with E-state index in [0.717, 1.165) is 16.9 Å². The zero-order valence-electron chi connectivity index (χ0n) is 10.8. The van der Waals surface area contributed by atoms with Gasteiger partial charge >= 0.3 is 0 Å². The smallest absolute Gasteiger partial charge is 0.130 e. The monoisotopic (exact) mass is 248 g/mol. The molecule has 0 aliphatic carbocycles. The number of benzene rings is 2. The van der Waals surface area contributed by atoms with E-state index in [4.69, 9.17) is 4.74 Å². The van der Waals surface area contributed by atoms with Crippen LogP contribution in [0.4, 0.5) is 0 Å². The first-order valence-electron chi connectivity index (χ1n) is 6.38. The summed E-state index contributed by atoms with van der Waals surface area (Å²) in [5, 5.41) is 2.40. The molecule has 0 unspecified atom stereocenters. The van der Waals surface area contributed by atoms with Gasteiger partial charge in [0.2, 0.25) is 0 Å². The van der Waals surface area contributed by atoms with Crippen LogP contribution in [0.25, 0.3) is 21.9 Å². The van der Waals surface area contributed by atoms with Gasteiger partial charge in [0.25, 0.3) is 0 Å². The van der Waals surface area contributed by atoms with Crippen LogP contribution in [0.3, 0.4) is 0 Å². The second kappa shape index (κ2) is 5.11. The fourth-order valence-corrected chi connectivity index (χ4v) is 2.26. The molecule has 2 nitrogen and oxygen atoms in total. The van der Waals surface area contributed by atoms with Gasteiger partial charge < -0.3 is 4.74 Å². The van der Waals surface area contributed by atoms with Gasteiger partial charge in [0.05, 0.1) is 12.2 Å². The van der Waals surface area contributed by atoms with Crippen molar-refractivity contribution in [2.75, 3.05) is 6.61 Å². The van der Waals surface area contributed by atoms with E-state index in [1.165, 1.54) is 10.8 Å². The number of pyridine rings is 1. The summed E-state index contributed by atoms with van der Waals surface area (Å²) in [4.78, 5) is 4.11. The topological polar surface area (TPSA) is 22.1 Å². The molecule has 1 heterocycles. The average molecular weight is 248 g/mol. The molecule has 3 rings (SSSR count). The Morgan fingerprint density at radius 2 is 1.89 bits per heavy atom. The van der Waals surface area contributed by atoms with Crippen molar-refractivity contribution < 1.29 is 4.74 Å². The quantitative estimate of drug-likeness (QED) is 0.696. The molecular formula is C17H14NO. The van der Waals surface area contributed by atoms with E-state index in [-0.39, 0.29) is 0 Å². The molecule has 0 amide bonds. The number of hydrogen-bond donors (Lipinski definition) is 0. The van der Waals surface area contributed by atoms with Crippen LogP contribution in [0.15, 0.2) is 54.7 Å². The molecule has 2 aromatic carbocycles. The van der Waals surface area contributed by atoms with E-state index in [0.29, 0.717) is 6.61 Å². The van der Waals surface area contributed by atoms with Crippen molar-refractivity contribution in [1.82, 2.24) is 4.98 Å². The lowest BCUT2D eigenvalue weighted by Gasteiger charge is -2.11. The van der Waals surface area contributed by atoms with Crippen molar-refractivity contribution >= 4 is 10.8 Å². The minimum absolute atomic E-state index is 0.635. The van der Waals surface area contributed by atoms with Crippen LogP contribution >= 0.6 is 0 Å². The van der Waals surface area contributed by atoms with Gasteiger partial charge in [-0.3, -0.25) is 4.98 Å². The first-order valence-corrected chi connectivity index (χ1v) is 6.38. The lowest BCUT2D eigenvalue weighted by molar-refractivity contribution is 0.341. The third-order valence-corrected chi connectivity index (χ3v) is 3.08. The second-order valence-electron chi connectivity index (χ2n) is 4.26. The summed E-state index contributed by atoms with van der Waals surface area (Å²) in [5.74, 6) is 0.828. The Morgan fingerprint density at radius 1 is 1.05 bits per heavy atom. The first kappa shape index (κ1) is 11.7. The fraction of sp³-hybridized carbons (Fsp3) is 0.118. The fourth-order valence-electron chi connectivity index (χ4n) is 2.26. The van der Waals surface area contributed by atoms with Gasteiger partial charge in [-0.25, -0.2) is 0 Å². The molecule has 0 aliphatic heterocycles. The molecule has 19 heavy (non-hydrogen) atoms. The number of aromatic nitrogens is 1. The van der Waals surface area contributed by atoms with Crippen LogP contribution < -0.4 is 4.74 Å². The highest BCUT2D eigenvalue weighted by Gasteiger charge is 2.09. The Balaban J connectivity index is 2.25. The molecule has 0 bridgehead atoms. The van der Waals surface area contributed by atoms with E-state index in [9.17, 15) is 0 Å². The van der Waals surface area contributed by atoms with Gasteiger partial charge in [-0.1, -0.05) is 42.5 Å². The summed E-state index contributed by atoms with van der Waals surface area (Å²) in [7, 11) is 0. The van der Waals surface area contributed by atoms with Gasteiger partial charge in [-0.05, 0) is 29.3 Å². The van der Waals surface area contributed by atoms with E-state index in [1.807, 2.05) is 31.2 Å². The molecule has 0 atom stereocenters. The third kappa shape index (κ3) is 2.17. The summed E-state index contributed by atoms with van der Waals surface area (Å²) in [6.07, 6.45) is 4.76. The van der Waals surface area contributed by atoms with E-state index in [1.54, 1.807) is 6.20 Å². The number of rotatable bonds is 3. The predicted molar refractivity (Wildman–Crippen MR) is 77.2 cm³/mol. The summed E-state index contributed by atoms with van der Waals surface area (Å²) in [5.41, 5.74) is 2.02. The Hall–Kier alpha value is -2.35. The molecule has 93 valence electrons. The summed E-state index contributed by atoms with van der Waals surface area (Å²) in [6.45, 7) is 2.61. The Morgan fingerprint density at radius 3 is 2.79 bits per heavy atom. The van der Waals surface area contributed by atoms with Crippen LogP contribution in [0.1, 0.15) is 6.92 Å². The molecule has 2 heteroatoms. The minimum Gasteiger partial charge on any atom is -0.493 e. The normalized spacial score (nSPS) is 10.6. The Labute approximate surface area is 112 Å². The predicted octanol–water partition coefficient (Wildman–Crippen LogP) is 4.10. The Bertz CT molecular complexity index is 701. The maximum absolute atomic E-state index is 5.67. The summed E-state index contributed by atoms with van der Waals surface area (Å²) >= 11 is 0. The van der Waals surface area contributed by atoms with Crippen molar-refractivity contribution in [2.45, 2.75) is 6.92 Å². The van der Waals surface area contributed by atoms with Crippen LogP contribution in [0, 0.1) is 6.20 Å². The largest absolute Gasteiger partial charge is 0.493 e. The standard InChI is InChI=1S/C17H14NO/c1-2-19-17-10-11-18-12-16(17)15-9-5-7-13-6-3-4-8-14(13)15/h3-11H,2H2,1H3. The molecule has 0 saturated heterocycles. The van der Waals surface area contributed by atoms with E-state index in [2.05, 4.69) is 35.4 Å². The van der Waals surface area contributed by atoms with Crippen LogP contribution in [-0.4, -0.2) is 11.6 Å². The Kier molecular flexibility index (Phi) is 3.15. The summed E-state index contributed by atoms with van der Waals surface area (Å²) < 4.78 is 5.67. The van der Waals surface area contributed by atoms with E-state index < -0.39 is 0 Å². The maximum atomic E-state index is 5.67. The average Bonchev–Trinajstić information content (AvgIpc) is 2.48. The van der Waals surface area contributed by atoms with Gasteiger partial charge in [0.15, 0.2) is 0 Å². The maximum Gasteiger partial charge on any atom is 0.130 e. The molecular weight excluding hydrogens is 234 g/mol. The van der Waals surface area contributed by atoms with Gasteiger partial charge in [0.1, 0.15) is 11.9 Å². The van der Waals surface area contributed by atoms with Crippen LogP contribution in [0.5, 0.6) is 5.75 Å². The molecule has 0 spiro atoms. The molecule has 1 aromatic heterocycles. The van der Waals surface area contributed by atoms with Gasteiger partial charge in [-0.15, -0.1) is 0 Å². The van der Waals surface area contributed by atoms with Gasteiger partial charge in [0, 0.05) is 6.20 Å². The van der Waals surface area contributed by atoms with Crippen LogP contribution in [0.2, 0.25) is 0 Å². The van der Waals surface area contributed by atoms with Crippen LogP contribution in [-0.2, 0) is 0 Å². The van der Waals surface area contributed by atoms with Gasteiger partial charge in [-0.2, -0.15) is 0 Å². The van der Waals surface area contributed by atoms with Crippen molar-refractivity contribution in [3.8, 4) is 16.9 Å². The summed E-state index contributed by atoms with van der Waals surface area (Å²) in [6, 6.07) is 16.4. The number of hydrogen-bond acceptors (Lipinski definition) is 2. The van der Waals surface area contributed by atoms with Crippen molar-refractivity contribution in [2.24, 2.45) is 0 Å². The van der Waals surface area contributed by atoms with Crippen molar-refractivity contribution in [1.29, 1.82) is 0 Å². The molecule has 1 radical (unpaired) electrons. The lowest BCUT2D eigenvalue weighted by Crippen LogP contribution is -1.95. The highest BCUT2D eigenvalue weighted by molar-refractivity contribution is 5.97. The number of nitrogens with zero attached hydrogens (tertiary/aromatic N) is 1. The molecule has 0 aliphatic rings. The molecule has 3 aromatic rings. The zero-order valence-corrected chi connectivity index (χ0v) is 10.8. The first-order chi connectivity index (χ1) is 9.40. The molecule has 0 N–H and O–H groups in total. The molecule has 0 saturated carbocycles. The lowest BCUT2D eigenvalue weighted by atomic mass is 9.99.